The highest BCUT2D eigenvalue weighted by molar-refractivity contribution is 6.05. The largest absolute Gasteiger partial charge is 0.573 e. The minimum atomic E-state index is -4.78. The van der Waals surface area contributed by atoms with Crippen LogP contribution in [0, 0.1) is 0 Å². The zero-order valence-electron chi connectivity index (χ0n) is 19.6. The molecule has 0 aliphatic rings. The Bertz CT molecular complexity index is 1400. The van der Waals surface area contributed by atoms with E-state index in [0.29, 0.717) is 28.2 Å². The summed E-state index contributed by atoms with van der Waals surface area (Å²) in [5.74, 6) is 0.425. The number of halogens is 3. The molecule has 9 heteroatoms. The summed E-state index contributed by atoms with van der Waals surface area (Å²) in [7, 11) is 3.12. The molecule has 1 aromatic heterocycles. The van der Waals surface area contributed by atoms with Crippen LogP contribution in [0.15, 0.2) is 77.4 Å². The number of anilines is 1. The Hall–Kier alpha value is -4.40. The van der Waals surface area contributed by atoms with Crippen LogP contribution in [-0.4, -0.2) is 26.5 Å². The van der Waals surface area contributed by atoms with Crippen LogP contribution in [0.4, 0.5) is 18.9 Å². The van der Waals surface area contributed by atoms with Gasteiger partial charge in [-0.25, -0.2) is 0 Å². The van der Waals surface area contributed by atoms with Crippen LogP contribution in [0.2, 0.25) is 0 Å². The minimum absolute atomic E-state index is 0.317. The summed E-state index contributed by atoms with van der Waals surface area (Å²) in [6.07, 6.45) is -1.74. The van der Waals surface area contributed by atoms with E-state index in [1.54, 1.807) is 26.4 Å². The second-order valence-electron chi connectivity index (χ2n) is 7.82. The highest BCUT2D eigenvalue weighted by atomic mass is 19.4. The highest BCUT2D eigenvalue weighted by Crippen LogP contribution is 2.37. The summed E-state index contributed by atoms with van der Waals surface area (Å²) < 4.78 is 57.3. The number of carbonyl (C=O) groups excluding carboxylic acids is 1. The smallest absolute Gasteiger partial charge is 0.497 e. The number of hydrogen-bond acceptors (Lipinski definition) is 5. The van der Waals surface area contributed by atoms with Crippen LogP contribution in [0.1, 0.15) is 12.5 Å². The van der Waals surface area contributed by atoms with Crippen molar-refractivity contribution in [1.29, 1.82) is 0 Å². The highest BCUT2D eigenvalue weighted by Gasteiger charge is 2.31. The lowest BCUT2D eigenvalue weighted by Gasteiger charge is -2.11. The average molecular weight is 497 g/mol. The zero-order chi connectivity index (χ0) is 25.9. The van der Waals surface area contributed by atoms with Gasteiger partial charge in [0.1, 0.15) is 22.8 Å². The first-order valence-electron chi connectivity index (χ1n) is 10.8. The Balaban J connectivity index is 1.59. The van der Waals surface area contributed by atoms with Gasteiger partial charge in [-0.1, -0.05) is 12.1 Å². The number of fused-ring (bicyclic) bond motifs is 1. The van der Waals surface area contributed by atoms with Gasteiger partial charge in [0.05, 0.1) is 20.5 Å². The fourth-order valence-corrected chi connectivity index (χ4v) is 3.72. The van der Waals surface area contributed by atoms with E-state index >= 15 is 0 Å². The Morgan fingerprint density at radius 1 is 0.944 bits per heavy atom. The van der Waals surface area contributed by atoms with E-state index in [1.807, 2.05) is 30.3 Å². The molecular formula is C27H22F3NO5. The maximum absolute atomic E-state index is 12.6. The number of allylic oxidation sites excluding steroid dienone is 1. The van der Waals surface area contributed by atoms with Gasteiger partial charge >= 0.3 is 6.36 Å². The molecule has 0 fully saturated rings. The van der Waals surface area contributed by atoms with E-state index in [9.17, 15) is 18.0 Å². The van der Waals surface area contributed by atoms with Gasteiger partial charge in [0, 0.05) is 34.3 Å². The van der Waals surface area contributed by atoms with Crippen LogP contribution in [0.5, 0.6) is 17.2 Å². The second kappa shape index (κ2) is 10.1. The van der Waals surface area contributed by atoms with Crippen molar-refractivity contribution in [1.82, 2.24) is 0 Å². The molecular weight excluding hydrogens is 475 g/mol. The number of alkyl halides is 3. The summed E-state index contributed by atoms with van der Waals surface area (Å²) in [6, 6.07) is 16.1. The molecule has 0 aliphatic carbocycles. The van der Waals surface area contributed by atoms with E-state index in [1.165, 1.54) is 25.3 Å². The third kappa shape index (κ3) is 5.63. The average Bonchev–Trinajstić information content (AvgIpc) is 3.26. The number of benzene rings is 3. The molecule has 4 aromatic rings. The number of carbonyl (C=O) groups is 1. The van der Waals surface area contributed by atoms with Crippen molar-refractivity contribution in [2.24, 2.45) is 0 Å². The van der Waals surface area contributed by atoms with Gasteiger partial charge < -0.3 is 23.9 Å². The topological polar surface area (TPSA) is 69.9 Å². The molecule has 0 saturated heterocycles. The molecule has 0 unspecified atom stereocenters. The third-order valence-corrected chi connectivity index (χ3v) is 5.42. The summed E-state index contributed by atoms with van der Waals surface area (Å²) in [4.78, 5) is 12.6. The fourth-order valence-electron chi connectivity index (χ4n) is 3.72. The van der Waals surface area contributed by atoms with Crippen molar-refractivity contribution in [3.8, 4) is 28.4 Å². The molecule has 1 amide bonds. The molecule has 0 radical (unpaired) electrons. The number of rotatable bonds is 7. The van der Waals surface area contributed by atoms with Crippen LogP contribution < -0.4 is 19.5 Å². The monoisotopic (exact) mass is 497 g/mol. The molecule has 0 saturated carbocycles. The Labute approximate surface area is 204 Å². The number of hydrogen-bond donors (Lipinski definition) is 1. The Morgan fingerprint density at radius 2 is 1.61 bits per heavy atom. The van der Waals surface area contributed by atoms with Gasteiger partial charge in [0.15, 0.2) is 0 Å². The molecule has 4 rings (SSSR count). The second-order valence-corrected chi connectivity index (χ2v) is 7.82. The number of nitrogens with one attached hydrogen (secondary N) is 1. The normalized spacial score (nSPS) is 11.9. The van der Waals surface area contributed by atoms with Crippen molar-refractivity contribution in [2.45, 2.75) is 13.3 Å². The molecule has 6 nitrogen and oxygen atoms in total. The lowest BCUT2D eigenvalue weighted by molar-refractivity contribution is -0.274. The van der Waals surface area contributed by atoms with Gasteiger partial charge in [-0.2, -0.15) is 0 Å². The molecule has 1 heterocycles. The van der Waals surface area contributed by atoms with E-state index in [2.05, 4.69) is 10.1 Å². The fraction of sp³-hybridized carbons (Fsp3) is 0.148. The third-order valence-electron chi connectivity index (χ3n) is 5.42. The van der Waals surface area contributed by atoms with Crippen molar-refractivity contribution >= 4 is 28.1 Å². The number of methoxy groups -OCH3 is 2. The van der Waals surface area contributed by atoms with Crippen molar-refractivity contribution in [2.75, 3.05) is 19.5 Å². The molecule has 36 heavy (non-hydrogen) atoms. The van der Waals surface area contributed by atoms with Crippen LogP contribution >= 0.6 is 0 Å². The van der Waals surface area contributed by atoms with Crippen LogP contribution in [-0.2, 0) is 4.79 Å². The zero-order valence-corrected chi connectivity index (χ0v) is 19.6. The van der Waals surface area contributed by atoms with Crippen molar-refractivity contribution < 1.29 is 36.6 Å². The standard InChI is InChI=1S/C27H22F3NO5/c1-16(12-26(32)31-18-6-10-20(11-7-18)36-27(28,29)30)21-13-22-23(15-35-25(22)14-24(21)34-3)17-4-8-19(33-2)9-5-17/h4-15H,1-3H3,(H,31,32)/b16-12+. The lowest BCUT2D eigenvalue weighted by atomic mass is 9.99. The molecule has 3 aromatic carbocycles. The minimum Gasteiger partial charge on any atom is -0.497 e. The molecule has 186 valence electrons. The van der Waals surface area contributed by atoms with Crippen LogP contribution in [0.3, 0.4) is 0 Å². The lowest BCUT2D eigenvalue weighted by Crippen LogP contribution is -2.17. The summed E-state index contributed by atoms with van der Waals surface area (Å²) >= 11 is 0. The predicted octanol–water partition coefficient (Wildman–Crippen LogP) is 7.06. The van der Waals surface area contributed by atoms with Crippen molar-refractivity contribution in [3.63, 3.8) is 0 Å². The number of furan rings is 1. The number of ether oxygens (including phenoxy) is 3. The van der Waals surface area contributed by atoms with E-state index in [0.717, 1.165) is 34.4 Å². The Morgan fingerprint density at radius 3 is 2.22 bits per heavy atom. The summed E-state index contributed by atoms with van der Waals surface area (Å²) in [5, 5.41) is 3.46. The van der Waals surface area contributed by atoms with Gasteiger partial charge in [0.25, 0.3) is 0 Å². The first kappa shape index (κ1) is 24.7. The van der Waals surface area contributed by atoms with Crippen molar-refractivity contribution in [3.05, 3.63) is 78.6 Å². The summed E-state index contributed by atoms with van der Waals surface area (Å²) in [6.45, 7) is 1.76. The quantitative estimate of drug-likeness (QED) is 0.277. The first-order chi connectivity index (χ1) is 17.2. The molecule has 0 aliphatic heterocycles. The molecule has 0 bridgehead atoms. The predicted molar refractivity (Wildman–Crippen MR) is 130 cm³/mol. The maximum Gasteiger partial charge on any atom is 0.573 e. The van der Waals surface area contributed by atoms with E-state index in [-0.39, 0.29) is 5.75 Å². The maximum atomic E-state index is 12.6. The van der Waals surface area contributed by atoms with Gasteiger partial charge in [-0.3, -0.25) is 4.79 Å². The van der Waals surface area contributed by atoms with E-state index in [4.69, 9.17) is 13.9 Å². The Kier molecular flexibility index (Phi) is 6.91. The van der Waals surface area contributed by atoms with Crippen LogP contribution in [0.25, 0.3) is 27.7 Å². The summed E-state index contributed by atoms with van der Waals surface area (Å²) in [5.41, 5.74) is 4.05. The molecule has 0 atom stereocenters. The molecule has 0 spiro atoms. The first-order valence-corrected chi connectivity index (χ1v) is 10.8. The molecule has 1 N–H and O–H groups in total. The van der Waals surface area contributed by atoms with Gasteiger partial charge in [-0.05, 0) is 60.5 Å². The van der Waals surface area contributed by atoms with Gasteiger partial charge in [-0.15, -0.1) is 13.2 Å². The number of amides is 1. The SMILES string of the molecule is COc1ccc(-c2coc3cc(OC)c(/C(C)=C/C(=O)Nc4ccc(OC(F)(F)F)cc4)cc23)cc1. The van der Waals surface area contributed by atoms with E-state index < -0.39 is 12.3 Å². The van der Waals surface area contributed by atoms with Gasteiger partial charge in [0.2, 0.25) is 5.91 Å².